The number of methoxy groups -OCH3 is 1. The SMILES string of the molecule is CC1CCC(Oc2ccc3c(CCCCC(=O)O)cccc3c2C(F)(F)F)CC1.COC(=O)C(=O)CCCc1cccc2c(C(F)(F)F)c(OC3CCC(C)CC3)ccc12. The number of halogens is 6. The van der Waals surface area contributed by atoms with Crippen LogP contribution in [0.3, 0.4) is 0 Å². The summed E-state index contributed by atoms with van der Waals surface area (Å²) >= 11 is 0. The first-order valence-electron chi connectivity index (χ1n) is 20.9. The van der Waals surface area contributed by atoms with E-state index in [1.165, 1.54) is 24.3 Å². The highest BCUT2D eigenvalue weighted by Gasteiger charge is 2.39. The number of carbonyl (C=O) groups is 3. The number of unbranched alkanes of at least 4 members (excludes halogenated alkanes) is 1. The molecule has 0 heterocycles. The minimum atomic E-state index is -4.56. The maximum absolute atomic E-state index is 14.0. The fourth-order valence-corrected chi connectivity index (χ4v) is 8.32. The summed E-state index contributed by atoms with van der Waals surface area (Å²) in [6, 6.07) is 15.9. The van der Waals surface area contributed by atoms with E-state index in [2.05, 4.69) is 18.6 Å². The summed E-state index contributed by atoms with van der Waals surface area (Å²) in [7, 11) is 1.14. The zero-order chi connectivity index (χ0) is 43.6. The van der Waals surface area contributed by atoms with E-state index in [9.17, 15) is 40.7 Å². The lowest BCUT2D eigenvalue weighted by Gasteiger charge is -2.28. The number of ketones is 1. The van der Waals surface area contributed by atoms with Crippen LogP contribution in [0.2, 0.25) is 0 Å². The number of fused-ring (bicyclic) bond motifs is 2. The van der Waals surface area contributed by atoms with Crippen LogP contribution in [0.4, 0.5) is 26.3 Å². The number of benzene rings is 4. The van der Waals surface area contributed by atoms with Gasteiger partial charge in [-0.2, -0.15) is 26.3 Å². The Morgan fingerprint density at radius 1 is 0.583 bits per heavy atom. The molecule has 326 valence electrons. The van der Waals surface area contributed by atoms with Crippen LogP contribution >= 0.6 is 0 Å². The van der Waals surface area contributed by atoms with Gasteiger partial charge in [0.1, 0.15) is 22.6 Å². The second-order valence-electron chi connectivity index (χ2n) is 16.3. The van der Waals surface area contributed by atoms with Crippen LogP contribution in [0.25, 0.3) is 21.5 Å². The predicted molar refractivity (Wildman–Crippen MR) is 217 cm³/mol. The molecule has 1 N–H and O–H groups in total. The molecule has 0 aliphatic heterocycles. The molecular weight excluding hydrogens is 790 g/mol. The first-order chi connectivity index (χ1) is 28.5. The van der Waals surface area contributed by atoms with Crippen molar-refractivity contribution in [2.45, 2.75) is 135 Å². The van der Waals surface area contributed by atoms with Crippen LogP contribution < -0.4 is 9.47 Å². The van der Waals surface area contributed by atoms with Crippen molar-refractivity contribution < 1.29 is 60.0 Å². The highest BCUT2D eigenvalue weighted by Crippen LogP contribution is 2.45. The molecule has 0 aromatic heterocycles. The van der Waals surface area contributed by atoms with E-state index in [-0.39, 0.29) is 47.3 Å². The molecule has 2 saturated carbocycles. The zero-order valence-corrected chi connectivity index (χ0v) is 34.4. The number of aliphatic carboxylic acids is 1. The molecule has 0 amide bonds. The molecule has 2 fully saturated rings. The molecule has 4 aromatic carbocycles. The van der Waals surface area contributed by atoms with Gasteiger partial charge in [0.05, 0.1) is 19.3 Å². The minimum Gasteiger partial charge on any atom is -0.490 e. The molecule has 0 atom stereocenters. The van der Waals surface area contributed by atoms with Gasteiger partial charge in [0, 0.05) is 12.8 Å². The number of hydrogen-bond acceptors (Lipinski definition) is 6. The number of esters is 1. The lowest BCUT2D eigenvalue weighted by atomic mass is 9.89. The third kappa shape index (κ3) is 12.4. The third-order valence-corrected chi connectivity index (χ3v) is 11.7. The minimum absolute atomic E-state index is 0.0174. The van der Waals surface area contributed by atoms with Gasteiger partial charge in [-0.05, 0) is 140 Å². The van der Waals surface area contributed by atoms with E-state index in [4.69, 9.17) is 14.6 Å². The normalized spacial score (nSPS) is 19.6. The molecule has 0 bridgehead atoms. The number of aryl methyl sites for hydroxylation is 2. The van der Waals surface area contributed by atoms with Crippen LogP contribution in [0, 0.1) is 11.8 Å². The Kier molecular flexibility index (Phi) is 15.9. The van der Waals surface area contributed by atoms with Crippen molar-refractivity contribution >= 4 is 39.3 Å². The summed E-state index contributed by atoms with van der Waals surface area (Å²) < 4.78 is 100. The first kappa shape index (κ1) is 46.3. The second-order valence-corrected chi connectivity index (χ2v) is 16.3. The smallest absolute Gasteiger partial charge is 0.420 e. The van der Waals surface area contributed by atoms with E-state index >= 15 is 0 Å². The number of carboxylic acid groups (broad SMARTS) is 1. The number of rotatable bonds is 14. The summed E-state index contributed by atoms with van der Waals surface area (Å²) in [5.41, 5.74) is 0.0345. The van der Waals surface area contributed by atoms with Crippen LogP contribution in [0.15, 0.2) is 60.7 Å². The molecule has 7 nitrogen and oxygen atoms in total. The van der Waals surface area contributed by atoms with Gasteiger partial charge in [-0.3, -0.25) is 9.59 Å². The molecule has 0 unspecified atom stereocenters. The Morgan fingerprint density at radius 3 is 1.42 bits per heavy atom. The number of hydrogen-bond donors (Lipinski definition) is 1. The molecule has 60 heavy (non-hydrogen) atoms. The van der Waals surface area contributed by atoms with Crippen LogP contribution in [0.1, 0.15) is 120 Å². The van der Waals surface area contributed by atoms with E-state index in [1.54, 1.807) is 30.3 Å². The van der Waals surface area contributed by atoms with Crippen LogP contribution in [-0.2, 0) is 44.3 Å². The molecule has 6 rings (SSSR count). The average Bonchev–Trinajstić information content (AvgIpc) is 3.20. The summed E-state index contributed by atoms with van der Waals surface area (Å²) in [5.74, 6) is -1.46. The highest BCUT2D eigenvalue weighted by molar-refractivity contribution is 6.33. The topological polar surface area (TPSA) is 99.1 Å². The van der Waals surface area contributed by atoms with Crippen molar-refractivity contribution in [1.29, 1.82) is 0 Å². The highest BCUT2D eigenvalue weighted by atomic mass is 19.4. The van der Waals surface area contributed by atoms with E-state index < -0.39 is 41.2 Å². The maximum atomic E-state index is 14.0. The summed E-state index contributed by atoms with van der Waals surface area (Å²) in [6.45, 7) is 4.30. The number of carbonyl (C=O) groups excluding carboxylic acids is 2. The maximum Gasteiger partial charge on any atom is 0.420 e. The van der Waals surface area contributed by atoms with Crippen molar-refractivity contribution in [1.82, 2.24) is 0 Å². The van der Waals surface area contributed by atoms with Crippen molar-refractivity contribution in [3.63, 3.8) is 0 Å². The molecule has 4 aromatic rings. The van der Waals surface area contributed by atoms with Crippen LogP contribution in [-0.4, -0.2) is 42.1 Å². The Labute approximate surface area is 346 Å². The molecular formula is C47H54F6O7. The Balaban J connectivity index is 0.000000228. The third-order valence-electron chi connectivity index (χ3n) is 11.7. The monoisotopic (exact) mass is 844 g/mol. The molecule has 13 heteroatoms. The second kappa shape index (κ2) is 20.6. The van der Waals surface area contributed by atoms with E-state index in [0.717, 1.165) is 64.0 Å². The van der Waals surface area contributed by atoms with Crippen molar-refractivity contribution in [2.24, 2.45) is 11.8 Å². The molecule has 0 radical (unpaired) electrons. The molecule has 2 aliphatic carbocycles. The van der Waals surface area contributed by atoms with Gasteiger partial charge >= 0.3 is 24.3 Å². The Bertz CT molecular complexity index is 2090. The van der Waals surface area contributed by atoms with Crippen LogP contribution in [0.5, 0.6) is 11.5 Å². The van der Waals surface area contributed by atoms with Gasteiger partial charge in [-0.25, -0.2) is 4.79 Å². The number of ether oxygens (including phenoxy) is 3. The fourth-order valence-electron chi connectivity index (χ4n) is 8.32. The zero-order valence-electron chi connectivity index (χ0n) is 34.4. The van der Waals surface area contributed by atoms with Gasteiger partial charge < -0.3 is 19.3 Å². The molecule has 0 spiro atoms. The van der Waals surface area contributed by atoms with Gasteiger partial charge in [0.25, 0.3) is 0 Å². The summed E-state index contributed by atoms with van der Waals surface area (Å²) in [5, 5.41) is 10.0. The standard InChI is InChI=1S/C24H27F3O4.C23H27F3O3/c1-15-9-11-17(12-10-15)31-21-14-13-18-16(6-4-8-20(28)23(29)30-2)5-3-7-19(18)22(21)24(25,26)27;1-15-9-11-17(12-10-15)29-20-14-13-18-16(5-2-3-8-21(27)28)6-4-7-19(18)22(20)23(24,25)26/h3,5,7,13-15,17H,4,6,8-12H2,1-2H3;4,6-7,13-15,17H,2-3,5,8-12H2,1H3,(H,27,28). The predicted octanol–water partition coefficient (Wildman–Crippen LogP) is 12.5. The van der Waals surface area contributed by atoms with Gasteiger partial charge in [-0.1, -0.05) is 62.4 Å². The lowest BCUT2D eigenvalue weighted by Crippen LogP contribution is -2.24. The van der Waals surface area contributed by atoms with Gasteiger partial charge in [-0.15, -0.1) is 0 Å². The van der Waals surface area contributed by atoms with Gasteiger partial charge in [0.15, 0.2) is 0 Å². The number of carboxylic acids is 1. The molecule has 2 aliphatic rings. The summed E-state index contributed by atoms with van der Waals surface area (Å²) in [4.78, 5) is 33.5. The number of alkyl halides is 6. The molecule has 0 saturated heterocycles. The quantitative estimate of drug-likeness (QED) is 0.0584. The first-order valence-corrected chi connectivity index (χ1v) is 20.9. The van der Waals surface area contributed by atoms with Gasteiger partial charge in [0.2, 0.25) is 5.78 Å². The Morgan fingerprint density at radius 2 is 1.02 bits per heavy atom. The summed E-state index contributed by atoms with van der Waals surface area (Å²) in [6.07, 6.45) is -0.121. The van der Waals surface area contributed by atoms with Crippen molar-refractivity contribution in [3.05, 3.63) is 82.9 Å². The largest absolute Gasteiger partial charge is 0.490 e. The van der Waals surface area contributed by atoms with Crippen molar-refractivity contribution in [2.75, 3.05) is 7.11 Å². The van der Waals surface area contributed by atoms with Crippen molar-refractivity contribution in [3.8, 4) is 11.5 Å². The fraction of sp³-hybridized carbons (Fsp3) is 0.511. The Hall–Kier alpha value is -4.81. The average molecular weight is 845 g/mol. The van der Waals surface area contributed by atoms with E-state index in [0.29, 0.717) is 60.3 Å². The van der Waals surface area contributed by atoms with E-state index in [1.807, 2.05) is 6.07 Å². The lowest BCUT2D eigenvalue weighted by molar-refractivity contribution is -0.151. The number of Topliss-reactive ketones (excluding diaryl/α,β-unsaturated/α-hetero) is 1.